The highest BCUT2D eigenvalue weighted by Gasteiger charge is 2.31. The second kappa shape index (κ2) is 15.4. The van der Waals surface area contributed by atoms with Crippen LogP contribution in [0.3, 0.4) is 0 Å². The topological polar surface area (TPSA) is 86.8 Å². The Labute approximate surface area is 245 Å². The molecule has 11 heteroatoms. The predicted octanol–water partition coefficient (Wildman–Crippen LogP) is 5.21. The van der Waals surface area contributed by atoms with Gasteiger partial charge in [-0.3, -0.25) is 13.9 Å². The number of hydrogen-bond donors (Lipinski definition) is 1. The van der Waals surface area contributed by atoms with Crippen molar-refractivity contribution in [3.8, 4) is 0 Å². The predicted molar refractivity (Wildman–Crippen MR) is 157 cm³/mol. The summed E-state index contributed by atoms with van der Waals surface area (Å²) in [4.78, 5) is 28.5. The molecule has 1 N–H and O–H groups in total. The number of sulfonamides is 1. The highest BCUT2D eigenvalue weighted by atomic mass is 32.2. The van der Waals surface area contributed by atoms with E-state index in [1.807, 2.05) is 37.3 Å². The molecule has 0 unspecified atom stereocenters. The van der Waals surface area contributed by atoms with E-state index >= 15 is 0 Å². The Hall–Kier alpha value is -3.86. The van der Waals surface area contributed by atoms with E-state index in [0.717, 1.165) is 47.2 Å². The minimum absolute atomic E-state index is 0.00812. The lowest BCUT2D eigenvalue weighted by molar-refractivity contribution is -0.141. The van der Waals surface area contributed by atoms with Crippen molar-refractivity contribution in [3.05, 3.63) is 101 Å². The van der Waals surface area contributed by atoms with E-state index in [2.05, 4.69) is 5.32 Å². The molecular formula is C31H36F3N3O4S. The highest BCUT2D eigenvalue weighted by molar-refractivity contribution is 7.92. The summed E-state index contributed by atoms with van der Waals surface area (Å²) in [7, 11) is -3.90. The number of halogens is 3. The van der Waals surface area contributed by atoms with Crippen LogP contribution >= 0.6 is 0 Å². The number of hydrogen-bond acceptors (Lipinski definition) is 4. The molecule has 0 aromatic heterocycles. The Morgan fingerprint density at radius 2 is 1.57 bits per heavy atom. The third-order valence-electron chi connectivity index (χ3n) is 6.74. The summed E-state index contributed by atoms with van der Waals surface area (Å²) < 4.78 is 67.8. The van der Waals surface area contributed by atoms with Crippen molar-refractivity contribution in [2.24, 2.45) is 0 Å². The first-order chi connectivity index (χ1) is 20.0. The van der Waals surface area contributed by atoms with Crippen LogP contribution in [-0.4, -0.2) is 50.5 Å². The number of nitrogens with one attached hydrogen (secondary N) is 1. The first kappa shape index (κ1) is 32.7. The molecule has 0 saturated heterocycles. The molecule has 42 heavy (non-hydrogen) atoms. The van der Waals surface area contributed by atoms with Gasteiger partial charge in [0, 0.05) is 44.1 Å². The lowest BCUT2D eigenvalue weighted by Crippen LogP contribution is -2.50. The summed E-state index contributed by atoms with van der Waals surface area (Å²) in [5.74, 6) is -3.71. The summed E-state index contributed by atoms with van der Waals surface area (Å²) in [5.41, 5.74) is 0.954. The van der Waals surface area contributed by atoms with Crippen molar-refractivity contribution in [1.82, 2.24) is 10.2 Å². The van der Waals surface area contributed by atoms with E-state index in [1.165, 1.54) is 17.0 Å². The monoisotopic (exact) mass is 603 g/mol. The molecule has 3 aromatic carbocycles. The van der Waals surface area contributed by atoms with Crippen LogP contribution in [-0.2, 0) is 32.6 Å². The minimum Gasteiger partial charge on any atom is -0.354 e. The smallest absolute Gasteiger partial charge is 0.243 e. The number of carbonyl (C=O) groups is 2. The molecule has 0 bridgehead atoms. The molecule has 0 aliphatic carbocycles. The Morgan fingerprint density at radius 3 is 2.21 bits per heavy atom. The summed E-state index contributed by atoms with van der Waals surface area (Å²) >= 11 is 0. The molecule has 3 rings (SSSR count). The van der Waals surface area contributed by atoms with Gasteiger partial charge in [-0.25, -0.2) is 21.6 Å². The van der Waals surface area contributed by atoms with Crippen LogP contribution in [0.15, 0.2) is 72.8 Å². The van der Waals surface area contributed by atoms with Crippen molar-refractivity contribution in [3.63, 3.8) is 0 Å². The van der Waals surface area contributed by atoms with Crippen LogP contribution in [0.2, 0.25) is 0 Å². The fourth-order valence-electron chi connectivity index (χ4n) is 4.51. The Balaban J connectivity index is 1.88. The molecule has 2 amide bonds. The van der Waals surface area contributed by atoms with Crippen molar-refractivity contribution in [2.45, 2.75) is 51.6 Å². The number of nitrogens with zero attached hydrogens (tertiary/aromatic N) is 2. The van der Waals surface area contributed by atoms with Crippen molar-refractivity contribution in [1.29, 1.82) is 0 Å². The summed E-state index contributed by atoms with van der Waals surface area (Å²) in [5, 5.41) is 2.88. The average Bonchev–Trinajstić information content (AvgIpc) is 2.95. The standard InChI is InChI=1S/C31H36F3N3O4S/c1-3-4-18-35-31(39)29(20-23-11-6-5-7-12-23)36(22-24-13-8-9-14-26(24)32)30(38)15-10-19-37(42(2,40)41)25-16-17-27(33)28(34)21-25/h5-9,11-14,16-17,21,29H,3-4,10,15,18-20,22H2,1-2H3,(H,35,39)/t29-/m0/s1. The van der Waals surface area contributed by atoms with Gasteiger partial charge in [-0.2, -0.15) is 0 Å². The van der Waals surface area contributed by atoms with Gasteiger partial charge in [0.1, 0.15) is 11.9 Å². The van der Waals surface area contributed by atoms with Crippen molar-refractivity contribution < 1.29 is 31.2 Å². The fraction of sp³-hybridized carbons (Fsp3) is 0.355. The summed E-state index contributed by atoms with van der Waals surface area (Å²) in [6, 6.07) is 16.9. The van der Waals surface area contributed by atoms with Crippen LogP contribution in [0.5, 0.6) is 0 Å². The zero-order chi connectivity index (χ0) is 30.7. The van der Waals surface area contributed by atoms with Gasteiger partial charge >= 0.3 is 0 Å². The first-order valence-electron chi connectivity index (χ1n) is 13.8. The molecule has 3 aromatic rings. The third kappa shape index (κ3) is 9.34. The molecule has 0 aliphatic heterocycles. The number of carbonyl (C=O) groups excluding carboxylic acids is 2. The maximum absolute atomic E-state index is 14.7. The molecule has 0 spiro atoms. The minimum atomic E-state index is -3.90. The van der Waals surface area contributed by atoms with E-state index in [1.54, 1.807) is 12.1 Å². The largest absolute Gasteiger partial charge is 0.354 e. The number of unbranched alkanes of at least 4 members (excludes halogenated alkanes) is 1. The number of benzene rings is 3. The molecule has 226 valence electrons. The second-order valence-corrected chi connectivity index (χ2v) is 11.9. The third-order valence-corrected chi connectivity index (χ3v) is 7.94. The van der Waals surface area contributed by atoms with Crippen LogP contribution in [0, 0.1) is 17.5 Å². The van der Waals surface area contributed by atoms with Gasteiger partial charge in [-0.15, -0.1) is 0 Å². The summed E-state index contributed by atoms with van der Waals surface area (Å²) in [6.07, 6.45) is 2.54. The van der Waals surface area contributed by atoms with E-state index in [-0.39, 0.29) is 49.5 Å². The van der Waals surface area contributed by atoms with Gasteiger partial charge in [0.05, 0.1) is 11.9 Å². The molecule has 0 saturated carbocycles. The van der Waals surface area contributed by atoms with Crippen LogP contribution in [0.25, 0.3) is 0 Å². The molecule has 0 heterocycles. The van der Waals surface area contributed by atoms with Crippen molar-refractivity contribution in [2.75, 3.05) is 23.7 Å². The SMILES string of the molecule is CCCCNC(=O)[C@H](Cc1ccccc1)N(Cc1ccccc1F)C(=O)CCCN(c1ccc(F)c(F)c1)S(C)(=O)=O. The zero-order valence-electron chi connectivity index (χ0n) is 23.7. The highest BCUT2D eigenvalue weighted by Crippen LogP contribution is 2.22. The van der Waals surface area contributed by atoms with E-state index < -0.39 is 39.4 Å². The molecule has 7 nitrogen and oxygen atoms in total. The van der Waals surface area contributed by atoms with Crippen LogP contribution in [0.1, 0.15) is 43.7 Å². The molecule has 0 fully saturated rings. The molecule has 0 radical (unpaired) electrons. The lowest BCUT2D eigenvalue weighted by Gasteiger charge is -2.32. The maximum atomic E-state index is 14.7. The van der Waals surface area contributed by atoms with Gasteiger partial charge in [-0.1, -0.05) is 61.9 Å². The zero-order valence-corrected chi connectivity index (χ0v) is 24.5. The van der Waals surface area contributed by atoms with Crippen LogP contribution in [0.4, 0.5) is 18.9 Å². The summed E-state index contributed by atoms with van der Waals surface area (Å²) in [6.45, 7) is 2.03. The molecule has 1 atom stereocenters. The van der Waals surface area contributed by atoms with E-state index in [9.17, 15) is 31.2 Å². The Kier molecular flexibility index (Phi) is 12.0. The van der Waals surface area contributed by atoms with Gasteiger partial charge in [-0.05, 0) is 36.6 Å². The molecular weight excluding hydrogens is 567 g/mol. The van der Waals surface area contributed by atoms with E-state index in [0.29, 0.717) is 6.54 Å². The second-order valence-electron chi connectivity index (χ2n) is 10.0. The van der Waals surface area contributed by atoms with Gasteiger partial charge < -0.3 is 10.2 Å². The van der Waals surface area contributed by atoms with Crippen LogP contribution < -0.4 is 9.62 Å². The quantitative estimate of drug-likeness (QED) is 0.242. The number of rotatable bonds is 15. The Bertz CT molecular complexity index is 1450. The van der Waals surface area contributed by atoms with Gasteiger partial charge in [0.25, 0.3) is 0 Å². The molecule has 0 aliphatic rings. The van der Waals surface area contributed by atoms with Crippen molar-refractivity contribution >= 4 is 27.5 Å². The fourth-order valence-corrected chi connectivity index (χ4v) is 5.47. The number of anilines is 1. The van der Waals surface area contributed by atoms with Gasteiger partial charge in [0.15, 0.2) is 11.6 Å². The normalized spacial score (nSPS) is 12.0. The first-order valence-corrected chi connectivity index (χ1v) is 15.6. The Morgan fingerprint density at radius 1 is 0.881 bits per heavy atom. The number of amides is 2. The maximum Gasteiger partial charge on any atom is 0.243 e. The van der Waals surface area contributed by atoms with E-state index in [4.69, 9.17) is 0 Å². The average molecular weight is 604 g/mol. The lowest BCUT2D eigenvalue weighted by atomic mass is 10.0. The van der Waals surface area contributed by atoms with Gasteiger partial charge in [0.2, 0.25) is 21.8 Å².